The zero-order chi connectivity index (χ0) is 13.7. The van der Waals surface area contributed by atoms with Gasteiger partial charge in [-0.3, -0.25) is 9.59 Å². The molecule has 18 heavy (non-hydrogen) atoms. The van der Waals surface area contributed by atoms with E-state index < -0.39 is 17.9 Å². The molecule has 0 radical (unpaired) electrons. The summed E-state index contributed by atoms with van der Waals surface area (Å²) in [5.74, 6) is -2.80. The quantitative estimate of drug-likeness (QED) is 0.379. The van der Waals surface area contributed by atoms with Gasteiger partial charge in [0.15, 0.2) is 5.92 Å². The van der Waals surface area contributed by atoms with Crippen molar-refractivity contribution in [2.24, 2.45) is 0 Å². The smallest absolute Gasteiger partial charge is 0.324 e. The summed E-state index contributed by atoms with van der Waals surface area (Å²) in [6, 6.07) is 4.65. The molecule has 0 aliphatic carbocycles. The number of hydrogen-bond donors (Lipinski definition) is 1. The van der Waals surface area contributed by atoms with Gasteiger partial charge in [0.1, 0.15) is 5.69 Å². The van der Waals surface area contributed by atoms with Crippen LogP contribution in [0.3, 0.4) is 0 Å². The Kier molecular flexibility index (Phi) is 5.26. The fourth-order valence-corrected chi connectivity index (χ4v) is 1.88. The normalized spacial score (nSPS) is 10.3. The second kappa shape index (κ2) is 6.48. The number of esters is 2. The Hall–Kier alpha value is -1.44. The molecule has 0 aliphatic heterocycles. The number of ether oxygens (including phenoxy) is 2. The van der Waals surface area contributed by atoms with Gasteiger partial charge in [-0.05, 0) is 6.07 Å². The summed E-state index contributed by atoms with van der Waals surface area (Å²) in [6.45, 7) is 0. The highest BCUT2D eigenvalue weighted by Crippen LogP contribution is 2.27. The Morgan fingerprint density at radius 3 is 2.28 bits per heavy atom. The molecule has 0 atom stereocenters. The molecule has 0 unspecified atom stereocenters. The predicted molar refractivity (Wildman–Crippen MR) is 65.9 cm³/mol. The SMILES string of the molecule is COC(=O)C(C(=O)OC)c1ccc(Br)cc1[NH2+][O-]. The van der Waals surface area contributed by atoms with Crippen LogP contribution in [0.25, 0.3) is 0 Å². The summed E-state index contributed by atoms with van der Waals surface area (Å²) < 4.78 is 9.77. The lowest BCUT2D eigenvalue weighted by atomic mass is 9.97. The van der Waals surface area contributed by atoms with Crippen molar-refractivity contribution in [3.63, 3.8) is 0 Å². The average molecular weight is 318 g/mol. The molecular formula is C11H12BrNO5. The first-order valence-corrected chi connectivity index (χ1v) is 5.74. The van der Waals surface area contributed by atoms with Gasteiger partial charge in [0.2, 0.25) is 0 Å². The lowest BCUT2D eigenvalue weighted by Crippen LogP contribution is -2.70. The molecule has 0 aromatic heterocycles. The van der Waals surface area contributed by atoms with Crippen LogP contribution in [-0.4, -0.2) is 26.2 Å². The monoisotopic (exact) mass is 317 g/mol. The van der Waals surface area contributed by atoms with Crippen LogP contribution in [0.2, 0.25) is 0 Å². The molecule has 0 saturated carbocycles. The number of benzene rings is 1. The molecule has 2 N–H and O–H groups in total. The topological polar surface area (TPSA) is 92.3 Å². The first-order chi connectivity index (χ1) is 8.54. The van der Waals surface area contributed by atoms with Crippen LogP contribution in [0.5, 0.6) is 0 Å². The van der Waals surface area contributed by atoms with Crippen molar-refractivity contribution in [2.45, 2.75) is 5.92 Å². The largest absolute Gasteiger partial charge is 0.630 e. The van der Waals surface area contributed by atoms with Crippen LogP contribution >= 0.6 is 15.9 Å². The fourth-order valence-electron chi connectivity index (χ4n) is 1.50. The number of carbonyl (C=O) groups is 2. The Bertz CT molecular complexity index is 447. The van der Waals surface area contributed by atoms with E-state index in [1.165, 1.54) is 12.1 Å². The van der Waals surface area contributed by atoms with Crippen molar-refractivity contribution in [2.75, 3.05) is 14.2 Å². The zero-order valence-corrected chi connectivity index (χ0v) is 11.4. The maximum Gasteiger partial charge on any atom is 0.324 e. The lowest BCUT2D eigenvalue weighted by molar-refractivity contribution is -0.497. The van der Waals surface area contributed by atoms with Crippen molar-refractivity contribution in [1.29, 1.82) is 0 Å². The van der Waals surface area contributed by atoms with Crippen LogP contribution < -0.4 is 5.48 Å². The number of nitrogens with two attached hydrogens (primary N) is 1. The van der Waals surface area contributed by atoms with Gasteiger partial charge >= 0.3 is 11.9 Å². The molecule has 0 amide bonds. The maximum atomic E-state index is 11.6. The van der Waals surface area contributed by atoms with E-state index in [4.69, 9.17) is 0 Å². The number of rotatable bonds is 4. The minimum Gasteiger partial charge on any atom is -0.630 e. The molecule has 0 heterocycles. The van der Waals surface area contributed by atoms with E-state index in [0.29, 0.717) is 9.95 Å². The molecule has 0 aliphatic rings. The Labute approximate surface area is 112 Å². The Morgan fingerprint density at radius 2 is 1.83 bits per heavy atom. The van der Waals surface area contributed by atoms with Crippen LogP contribution in [0.1, 0.15) is 11.5 Å². The summed E-state index contributed by atoms with van der Waals surface area (Å²) in [7, 11) is 2.33. The second-order valence-electron chi connectivity index (χ2n) is 3.37. The van der Waals surface area contributed by atoms with E-state index in [9.17, 15) is 14.8 Å². The summed E-state index contributed by atoms with van der Waals surface area (Å²) >= 11 is 3.20. The number of quaternary nitrogens is 1. The molecule has 1 rings (SSSR count). The molecule has 7 heteroatoms. The van der Waals surface area contributed by atoms with Crippen molar-refractivity contribution in [3.8, 4) is 0 Å². The van der Waals surface area contributed by atoms with E-state index in [1.54, 1.807) is 6.07 Å². The first-order valence-electron chi connectivity index (χ1n) is 4.95. The molecule has 1 aromatic carbocycles. The third-order valence-corrected chi connectivity index (χ3v) is 2.85. The van der Waals surface area contributed by atoms with E-state index in [-0.39, 0.29) is 11.3 Å². The maximum absolute atomic E-state index is 11.6. The molecule has 0 bridgehead atoms. The molecule has 0 fully saturated rings. The van der Waals surface area contributed by atoms with Gasteiger partial charge < -0.3 is 20.2 Å². The van der Waals surface area contributed by atoms with Gasteiger partial charge in [0, 0.05) is 16.1 Å². The third kappa shape index (κ3) is 3.06. The van der Waals surface area contributed by atoms with Crippen LogP contribution in [-0.2, 0) is 19.1 Å². The summed E-state index contributed by atoms with van der Waals surface area (Å²) in [5, 5.41) is 11.0. The van der Waals surface area contributed by atoms with Gasteiger partial charge in [-0.1, -0.05) is 22.0 Å². The molecule has 0 spiro atoms. The van der Waals surface area contributed by atoms with Gasteiger partial charge in [-0.25, -0.2) is 0 Å². The molecule has 6 nitrogen and oxygen atoms in total. The first kappa shape index (κ1) is 14.6. The number of halogens is 1. The van der Waals surface area contributed by atoms with Crippen molar-refractivity contribution < 1.29 is 24.5 Å². The minimum atomic E-state index is -1.26. The van der Waals surface area contributed by atoms with E-state index in [1.807, 2.05) is 0 Å². The predicted octanol–water partition coefficient (Wildman–Crippen LogP) is 0.571. The van der Waals surface area contributed by atoms with Crippen LogP contribution in [0.15, 0.2) is 22.7 Å². The average Bonchev–Trinajstić information content (AvgIpc) is 2.39. The highest BCUT2D eigenvalue weighted by Gasteiger charge is 2.33. The van der Waals surface area contributed by atoms with Crippen LogP contribution in [0.4, 0.5) is 5.69 Å². The Morgan fingerprint density at radius 1 is 1.28 bits per heavy atom. The summed E-state index contributed by atoms with van der Waals surface area (Å²) in [6.07, 6.45) is 0. The van der Waals surface area contributed by atoms with Gasteiger partial charge in [0.05, 0.1) is 14.2 Å². The van der Waals surface area contributed by atoms with Gasteiger partial charge in [-0.2, -0.15) is 0 Å². The van der Waals surface area contributed by atoms with E-state index >= 15 is 0 Å². The van der Waals surface area contributed by atoms with Gasteiger partial charge in [0.25, 0.3) is 0 Å². The van der Waals surface area contributed by atoms with Crippen molar-refractivity contribution in [1.82, 2.24) is 0 Å². The number of methoxy groups -OCH3 is 2. The minimum absolute atomic E-state index is 0.227. The second-order valence-corrected chi connectivity index (χ2v) is 4.29. The summed E-state index contributed by atoms with van der Waals surface area (Å²) in [4.78, 5) is 23.2. The van der Waals surface area contributed by atoms with Crippen molar-refractivity contribution >= 4 is 33.6 Å². The number of carbonyl (C=O) groups excluding carboxylic acids is 2. The fraction of sp³-hybridized carbons (Fsp3) is 0.273. The molecule has 0 saturated heterocycles. The van der Waals surface area contributed by atoms with Crippen LogP contribution in [0, 0.1) is 5.21 Å². The highest BCUT2D eigenvalue weighted by molar-refractivity contribution is 9.10. The Balaban J connectivity index is 3.28. The van der Waals surface area contributed by atoms with E-state index in [2.05, 4.69) is 25.4 Å². The standard InChI is InChI=1S/C11H12BrNO5/c1-17-10(14)9(11(15)18-2)7-4-3-6(12)5-8(7)13-16/h3-5,9H,13H2,1-2H3. The van der Waals surface area contributed by atoms with E-state index in [0.717, 1.165) is 14.2 Å². The van der Waals surface area contributed by atoms with Gasteiger partial charge in [-0.15, -0.1) is 0 Å². The molecular weight excluding hydrogens is 306 g/mol. The zero-order valence-electron chi connectivity index (χ0n) is 9.81. The number of hydrogen-bond acceptors (Lipinski definition) is 5. The third-order valence-electron chi connectivity index (χ3n) is 2.36. The summed E-state index contributed by atoms with van der Waals surface area (Å²) in [5.41, 5.74) is 1.05. The molecule has 98 valence electrons. The highest BCUT2D eigenvalue weighted by atomic mass is 79.9. The lowest BCUT2D eigenvalue weighted by Gasteiger charge is -2.16. The molecule has 1 aromatic rings. The van der Waals surface area contributed by atoms with Crippen molar-refractivity contribution in [3.05, 3.63) is 33.4 Å².